The van der Waals surface area contributed by atoms with Crippen molar-refractivity contribution in [2.75, 3.05) is 42.9 Å². The predicted molar refractivity (Wildman–Crippen MR) is 122 cm³/mol. The van der Waals surface area contributed by atoms with Gasteiger partial charge in [-0.25, -0.2) is 4.68 Å². The number of piperazine rings is 1. The Morgan fingerprint density at radius 2 is 1.73 bits per heavy atom. The fraction of sp³-hybridized carbons (Fsp3) is 0.333. The van der Waals surface area contributed by atoms with Crippen LogP contribution in [0.25, 0.3) is 5.69 Å². The Balaban J connectivity index is 1.43. The molecule has 1 aliphatic rings. The fourth-order valence-corrected chi connectivity index (χ4v) is 3.93. The molecule has 1 saturated heterocycles. The van der Waals surface area contributed by atoms with Crippen molar-refractivity contribution in [3.8, 4) is 5.69 Å². The number of aryl methyl sites for hydroxylation is 1. The molecule has 30 heavy (non-hydrogen) atoms. The number of nitrogens with one attached hydrogen (secondary N) is 1. The Morgan fingerprint density at radius 3 is 2.40 bits per heavy atom. The Kier molecular flexibility index (Phi) is 5.86. The zero-order valence-electron chi connectivity index (χ0n) is 17.9. The van der Waals surface area contributed by atoms with Crippen LogP contribution in [0.4, 0.5) is 11.4 Å². The molecule has 0 atom stereocenters. The zero-order chi connectivity index (χ0) is 21.1. The summed E-state index contributed by atoms with van der Waals surface area (Å²) in [6.07, 6.45) is 1.63. The van der Waals surface area contributed by atoms with Gasteiger partial charge in [0.1, 0.15) is 0 Å². The smallest absolute Gasteiger partial charge is 0.259 e. The van der Waals surface area contributed by atoms with Crippen molar-refractivity contribution in [3.63, 3.8) is 0 Å². The molecule has 1 aliphatic heterocycles. The molecule has 1 N–H and O–H groups in total. The highest BCUT2D eigenvalue weighted by Gasteiger charge is 2.17. The number of amides is 1. The molecule has 3 aromatic rings. The van der Waals surface area contributed by atoms with E-state index in [-0.39, 0.29) is 5.91 Å². The van der Waals surface area contributed by atoms with Crippen LogP contribution in [-0.4, -0.2) is 53.3 Å². The molecule has 0 bridgehead atoms. The van der Waals surface area contributed by atoms with Crippen LogP contribution in [-0.2, 0) is 0 Å². The molecular formula is C24H29N5O. The molecule has 1 aromatic heterocycles. The highest BCUT2D eigenvalue weighted by atomic mass is 16.1. The lowest BCUT2D eigenvalue weighted by molar-refractivity contribution is 0.102. The van der Waals surface area contributed by atoms with E-state index < -0.39 is 0 Å². The number of hydrogen-bond donors (Lipinski definition) is 1. The van der Waals surface area contributed by atoms with Crippen LogP contribution in [0.3, 0.4) is 0 Å². The first-order valence-corrected chi connectivity index (χ1v) is 10.6. The third-order valence-electron chi connectivity index (χ3n) is 5.81. The first-order valence-electron chi connectivity index (χ1n) is 10.6. The largest absolute Gasteiger partial charge is 0.369 e. The Hall–Kier alpha value is -3.12. The molecule has 2 aromatic carbocycles. The number of aromatic nitrogens is 2. The fourth-order valence-electron chi connectivity index (χ4n) is 3.93. The van der Waals surface area contributed by atoms with Gasteiger partial charge in [0.25, 0.3) is 5.91 Å². The number of benzene rings is 2. The SMILES string of the molecule is CCN1CCN(c2ccc(NC(=O)c3cnn(-c4cccc(C)c4)c3C)cc2)CC1. The van der Waals surface area contributed by atoms with Crippen LogP contribution in [0.2, 0.25) is 0 Å². The molecule has 1 amide bonds. The number of likely N-dealkylation sites (N-methyl/N-ethyl adjacent to an activating group) is 1. The van der Waals surface area contributed by atoms with Crippen molar-refractivity contribution in [1.82, 2.24) is 14.7 Å². The van der Waals surface area contributed by atoms with E-state index in [0.29, 0.717) is 5.56 Å². The van der Waals surface area contributed by atoms with Gasteiger partial charge in [-0.2, -0.15) is 5.10 Å². The molecule has 6 heteroatoms. The van der Waals surface area contributed by atoms with Gasteiger partial charge in [-0.05, 0) is 62.4 Å². The summed E-state index contributed by atoms with van der Waals surface area (Å²) in [6, 6.07) is 16.2. The summed E-state index contributed by atoms with van der Waals surface area (Å²) in [6.45, 7) is 11.6. The second-order valence-corrected chi connectivity index (χ2v) is 7.82. The lowest BCUT2D eigenvalue weighted by atomic mass is 10.2. The van der Waals surface area contributed by atoms with Gasteiger partial charge in [0, 0.05) is 37.6 Å². The molecule has 2 heterocycles. The first kappa shape index (κ1) is 20.2. The van der Waals surface area contributed by atoms with E-state index in [2.05, 4.69) is 45.3 Å². The number of anilines is 2. The van der Waals surface area contributed by atoms with Gasteiger partial charge in [0.15, 0.2) is 0 Å². The lowest BCUT2D eigenvalue weighted by Crippen LogP contribution is -2.46. The quantitative estimate of drug-likeness (QED) is 0.702. The van der Waals surface area contributed by atoms with E-state index in [1.165, 1.54) is 5.69 Å². The van der Waals surface area contributed by atoms with Gasteiger partial charge in [0.05, 0.1) is 23.1 Å². The Labute approximate surface area is 178 Å². The Bertz CT molecular complexity index is 1020. The van der Waals surface area contributed by atoms with E-state index in [4.69, 9.17) is 0 Å². The molecule has 1 fully saturated rings. The number of rotatable bonds is 5. The second kappa shape index (κ2) is 8.71. The van der Waals surface area contributed by atoms with E-state index in [0.717, 1.165) is 55.4 Å². The average molecular weight is 404 g/mol. The zero-order valence-corrected chi connectivity index (χ0v) is 17.9. The van der Waals surface area contributed by atoms with Crippen LogP contribution >= 0.6 is 0 Å². The maximum Gasteiger partial charge on any atom is 0.259 e. The van der Waals surface area contributed by atoms with Crippen molar-refractivity contribution >= 4 is 17.3 Å². The van der Waals surface area contributed by atoms with Crippen LogP contribution in [0.15, 0.2) is 54.7 Å². The van der Waals surface area contributed by atoms with Crippen LogP contribution in [0.1, 0.15) is 28.5 Å². The highest BCUT2D eigenvalue weighted by molar-refractivity contribution is 6.05. The average Bonchev–Trinajstić information content (AvgIpc) is 3.16. The van der Waals surface area contributed by atoms with E-state index in [1.807, 2.05) is 44.2 Å². The molecule has 0 unspecified atom stereocenters. The normalized spacial score (nSPS) is 14.7. The maximum absolute atomic E-state index is 12.8. The Morgan fingerprint density at radius 1 is 1.00 bits per heavy atom. The van der Waals surface area contributed by atoms with Gasteiger partial charge in [-0.1, -0.05) is 19.1 Å². The van der Waals surface area contributed by atoms with E-state index in [1.54, 1.807) is 10.9 Å². The summed E-state index contributed by atoms with van der Waals surface area (Å²) in [4.78, 5) is 17.7. The van der Waals surface area contributed by atoms with Crippen molar-refractivity contribution in [2.24, 2.45) is 0 Å². The minimum absolute atomic E-state index is 0.143. The first-order chi connectivity index (χ1) is 14.5. The third-order valence-corrected chi connectivity index (χ3v) is 5.81. The summed E-state index contributed by atoms with van der Waals surface area (Å²) < 4.78 is 1.81. The van der Waals surface area contributed by atoms with Gasteiger partial charge in [-0.15, -0.1) is 0 Å². The van der Waals surface area contributed by atoms with Gasteiger partial charge < -0.3 is 15.1 Å². The van der Waals surface area contributed by atoms with Gasteiger partial charge in [0.2, 0.25) is 0 Å². The summed E-state index contributed by atoms with van der Waals surface area (Å²) >= 11 is 0. The molecule has 6 nitrogen and oxygen atoms in total. The lowest BCUT2D eigenvalue weighted by Gasteiger charge is -2.35. The monoisotopic (exact) mass is 403 g/mol. The minimum atomic E-state index is -0.143. The second-order valence-electron chi connectivity index (χ2n) is 7.82. The van der Waals surface area contributed by atoms with Crippen molar-refractivity contribution in [2.45, 2.75) is 20.8 Å². The molecule has 0 aliphatic carbocycles. The molecule has 0 spiro atoms. The molecule has 0 radical (unpaired) electrons. The summed E-state index contributed by atoms with van der Waals surface area (Å²) in [5.41, 5.74) is 5.51. The third kappa shape index (κ3) is 4.24. The topological polar surface area (TPSA) is 53.4 Å². The van der Waals surface area contributed by atoms with Crippen LogP contribution in [0.5, 0.6) is 0 Å². The standard InChI is InChI=1S/C24H29N5O/c1-4-27-12-14-28(15-13-27)21-10-8-20(9-11-21)26-24(30)23-17-25-29(19(23)3)22-7-5-6-18(2)16-22/h5-11,16-17H,4,12-15H2,1-3H3,(H,26,30). The number of carbonyl (C=O) groups excluding carboxylic acids is 1. The van der Waals surface area contributed by atoms with Crippen LogP contribution in [0, 0.1) is 13.8 Å². The predicted octanol–water partition coefficient (Wildman–Crippen LogP) is 3.88. The summed E-state index contributed by atoms with van der Waals surface area (Å²) in [5.74, 6) is -0.143. The van der Waals surface area contributed by atoms with Crippen molar-refractivity contribution in [3.05, 3.63) is 71.5 Å². The molecular weight excluding hydrogens is 374 g/mol. The number of nitrogens with zero attached hydrogens (tertiary/aromatic N) is 4. The van der Waals surface area contributed by atoms with Crippen molar-refractivity contribution in [1.29, 1.82) is 0 Å². The van der Waals surface area contributed by atoms with Gasteiger partial charge >= 0.3 is 0 Å². The number of carbonyl (C=O) groups is 1. The molecule has 4 rings (SSSR count). The van der Waals surface area contributed by atoms with E-state index in [9.17, 15) is 4.79 Å². The maximum atomic E-state index is 12.8. The van der Waals surface area contributed by atoms with Gasteiger partial charge in [-0.3, -0.25) is 4.79 Å². The summed E-state index contributed by atoms with van der Waals surface area (Å²) in [7, 11) is 0. The molecule has 0 saturated carbocycles. The minimum Gasteiger partial charge on any atom is -0.369 e. The van der Waals surface area contributed by atoms with Crippen LogP contribution < -0.4 is 10.2 Å². The van der Waals surface area contributed by atoms with E-state index >= 15 is 0 Å². The van der Waals surface area contributed by atoms with Crippen molar-refractivity contribution < 1.29 is 4.79 Å². The number of hydrogen-bond acceptors (Lipinski definition) is 4. The molecule has 156 valence electrons. The highest BCUT2D eigenvalue weighted by Crippen LogP contribution is 2.21. The summed E-state index contributed by atoms with van der Waals surface area (Å²) in [5, 5.41) is 7.43.